The second-order valence-electron chi connectivity index (χ2n) is 9.45. The Hall–Kier alpha value is -3.45. The SMILES string of the molecule is CCS(=O)(=C=O)c1cccc(-c2cc(C(=O)NCC(C)(C)O)c(C)c3[nH]c4ncc(C)cc4c23)c1. The number of carbonyl (C=O) groups excluding carboxylic acids is 2. The van der Waals surface area contributed by atoms with Crippen LogP contribution in [0.2, 0.25) is 0 Å². The molecule has 2 aromatic carbocycles. The minimum atomic E-state index is -2.96. The Morgan fingerprint density at radius 1 is 1.23 bits per heavy atom. The van der Waals surface area contributed by atoms with Crippen LogP contribution >= 0.6 is 0 Å². The highest BCUT2D eigenvalue weighted by Crippen LogP contribution is 2.38. The first-order valence-corrected chi connectivity index (χ1v) is 13.1. The van der Waals surface area contributed by atoms with Gasteiger partial charge in [-0.05, 0) is 74.2 Å². The van der Waals surface area contributed by atoms with E-state index in [1.165, 1.54) is 0 Å². The molecular formula is C27H29N3O4S. The first-order valence-electron chi connectivity index (χ1n) is 11.4. The summed E-state index contributed by atoms with van der Waals surface area (Å²) in [5.74, 6) is -0.158. The molecular weight excluding hydrogens is 462 g/mol. The summed E-state index contributed by atoms with van der Waals surface area (Å²) in [4.78, 5) is 33.0. The van der Waals surface area contributed by atoms with E-state index in [1.807, 2.05) is 32.0 Å². The molecule has 4 rings (SSSR count). The highest BCUT2D eigenvalue weighted by molar-refractivity contribution is 8.00. The average Bonchev–Trinajstić information content (AvgIpc) is 3.21. The van der Waals surface area contributed by atoms with Gasteiger partial charge in [-0.2, -0.15) is 0 Å². The number of aromatic amines is 1. The average molecular weight is 492 g/mol. The summed E-state index contributed by atoms with van der Waals surface area (Å²) in [5.41, 5.74) is 4.08. The number of pyridine rings is 1. The zero-order valence-corrected chi connectivity index (χ0v) is 21.3. The maximum Gasteiger partial charge on any atom is 0.251 e. The Morgan fingerprint density at radius 2 is 1.97 bits per heavy atom. The van der Waals surface area contributed by atoms with Crippen LogP contribution in [-0.4, -0.2) is 48.3 Å². The van der Waals surface area contributed by atoms with Crippen LogP contribution in [0.1, 0.15) is 42.3 Å². The second-order valence-corrected chi connectivity index (χ2v) is 12.0. The number of nitrogens with one attached hydrogen (secondary N) is 2. The monoisotopic (exact) mass is 491 g/mol. The summed E-state index contributed by atoms with van der Waals surface area (Å²) in [6, 6.07) is 10.9. The first-order chi connectivity index (χ1) is 16.5. The van der Waals surface area contributed by atoms with E-state index < -0.39 is 15.1 Å². The van der Waals surface area contributed by atoms with E-state index >= 15 is 0 Å². The van der Waals surface area contributed by atoms with Crippen LogP contribution in [0.15, 0.2) is 47.5 Å². The fourth-order valence-electron chi connectivity index (χ4n) is 4.19. The van der Waals surface area contributed by atoms with Crippen LogP contribution in [0.3, 0.4) is 0 Å². The van der Waals surface area contributed by atoms with E-state index in [1.54, 1.807) is 50.4 Å². The lowest BCUT2D eigenvalue weighted by molar-refractivity contribution is 0.0694. The third kappa shape index (κ3) is 4.60. The van der Waals surface area contributed by atoms with E-state index in [4.69, 9.17) is 0 Å². The molecule has 0 radical (unpaired) electrons. The van der Waals surface area contributed by atoms with Crippen LogP contribution in [0, 0.1) is 13.8 Å². The third-order valence-corrected chi connectivity index (χ3v) is 8.21. The van der Waals surface area contributed by atoms with Gasteiger partial charge in [0.05, 0.1) is 20.6 Å². The molecule has 35 heavy (non-hydrogen) atoms. The van der Waals surface area contributed by atoms with Crippen LogP contribution in [-0.2, 0) is 14.3 Å². The number of aryl methyl sites for hydroxylation is 2. The van der Waals surface area contributed by atoms with Crippen molar-refractivity contribution in [3.8, 4) is 11.1 Å². The quantitative estimate of drug-likeness (QED) is 0.350. The fourth-order valence-corrected chi connectivity index (χ4v) is 5.36. The van der Waals surface area contributed by atoms with Crippen molar-refractivity contribution < 1.29 is 18.9 Å². The predicted molar refractivity (Wildman–Crippen MR) is 140 cm³/mol. The number of amides is 1. The number of hydrogen-bond acceptors (Lipinski definition) is 5. The smallest absolute Gasteiger partial charge is 0.251 e. The van der Waals surface area contributed by atoms with Crippen LogP contribution in [0.4, 0.5) is 0 Å². The molecule has 0 aliphatic heterocycles. The van der Waals surface area contributed by atoms with Crippen molar-refractivity contribution in [3.05, 3.63) is 59.3 Å². The highest BCUT2D eigenvalue weighted by Gasteiger charge is 2.22. The molecule has 0 saturated heterocycles. The van der Waals surface area contributed by atoms with Gasteiger partial charge in [0.15, 0.2) is 5.23 Å². The molecule has 0 bridgehead atoms. The van der Waals surface area contributed by atoms with E-state index in [2.05, 4.69) is 15.3 Å². The van der Waals surface area contributed by atoms with Gasteiger partial charge >= 0.3 is 0 Å². The Morgan fingerprint density at radius 3 is 2.63 bits per heavy atom. The van der Waals surface area contributed by atoms with Crippen molar-refractivity contribution in [2.24, 2.45) is 0 Å². The lowest BCUT2D eigenvalue weighted by atomic mass is 9.93. The fraction of sp³-hybridized carbons (Fsp3) is 0.296. The summed E-state index contributed by atoms with van der Waals surface area (Å²) in [7, 11) is -2.96. The van der Waals surface area contributed by atoms with Crippen molar-refractivity contribution in [1.82, 2.24) is 15.3 Å². The molecule has 0 saturated carbocycles. The second kappa shape index (κ2) is 8.96. The molecule has 0 spiro atoms. The minimum Gasteiger partial charge on any atom is -0.389 e. The van der Waals surface area contributed by atoms with Gasteiger partial charge in [0, 0.05) is 39.7 Å². The molecule has 3 N–H and O–H groups in total. The van der Waals surface area contributed by atoms with Crippen molar-refractivity contribution in [1.29, 1.82) is 0 Å². The zero-order chi connectivity index (χ0) is 25.5. The number of rotatable bonds is 6. The predicted octanol–water partition coefficient (Wildman–Crippen LogP) is 4.23. The molecule has 0 aliphatic carbocycles. The number of aromatic nitrogens is 2. The molecule has 1 unspecified atom stereocenters. The number of hydrogen-bond donors (Lipinski definition) is 3. The van der Waals surface area contributed by atoms with Crippen molar-refractivity contribution >= 4 is 42.6 Å². The molecule has 1 amide bonds. The largest absolute Gasteiger partial charge is 0.389 e. The van der Waals surface area contributed by atoms with Gasteiger partial charge < -0.3 is 15.4 Å². The van der Waals surface area contributed by atoms with Crippen molar-refractivity contribution in [2.75, 3.05) is 12.3 Å². The number of fused-ring (bicyclic) bond motifs is 3. The van der Waals surface area contributed by atoms with Gasteiger partial charge in [-0.15, -0.1) is 0 Å². The molecule has 0 fully saturated rings. The first kappa shape index (κ1) is 24.7. The zero-order valence-electron chi connectivity index (χ0n) is 20.5. The molecule has 2 heterocycles. The lowest BCUT2D eigenvalue weighted by Crippen LogP contribution is -2.38. The van der Waals surface area contributed by atoms with E-state index in [0.29, 0.717) is 16.1 Å². The number of aliphatic hydroxyl groups is 1. The molecule has 0 aliphatic rings. The summed E-state index contributed by atoms with van der Waals surface area (Å²) in [5, 5.41) is 16.4. The normalized spacial score (nSPS) is 13.5. The van der Waals surface area contributed by atoms with Crippen molar-refractivity contribution in [2.45, 2.75) is 45.1 Å². The van der Waals surface area contributed by atoms with Crippen LogP contribution < -0.4 is 5.32 Å². The topological polar surface area (TPSA) is 112 Å². The van der Waals surface area contributed by atoms with Gasteiger partial charge in [0.1, 0.15) is 5.65 Å². The molecule has 182 valence electrons. The standard InChI is InChI=1S/C27H29N3O4S/c1-6-35(34,15-31)19-9-7-8-18(11-19)21-12-20(26(32)29-14-27(4,5)33)17(3)24-23(21)22-10-16(2)13-28-25(22)30-24/h7-13,33H,6,14H2,1-5H3,(H,28,30)(H,29,32). The van der Waals surface area contributed by atoms with E-state index in [9.17, 15) is 18.9 Å². The molecule has 1 atom stereocenters. The van der Waals surface area contributed by atoms with Gasteiger partial charge in [0.2, 0.25) is 0 Å². The maximum atomic E-state index is 13.2. The summed E-state index contributed by atoms with van der Waals surface area (Å²) in [6.07, 6.45) is 1.78. The Balaban J connectivity index is 2.04. The molecule has 2 aromatic heterocycles. The molecule has 8 heteroatoms. The third-order valence-electron chi connectivity index (χ3n) is 6.12. The number of nitrogens with zero attached hydrogens (tertiary/aromatic N) is 1. The van der Waals surface area contributed by atoms with E-state index in [-0.39, 0.29) is 18.2 Å². The number of benzene rings is 2. The minimum absolute atomic E-state index is 0.0926. The molecule has 4 aromatic rings. The Labute approximate surface area is 204 Å². The maximum absolute atomic E-state index is 13.2. The lowest BCUT2D eigenvalue weighted by Gasteiger charge is -2.19. The van der Waals surface area contributed by atoms with Gasteiger partial charge in [-0.25, -0.2) is 9.78 Å². The Bertz CT molecular complexity index is 1620. The summed E-state index contributed by atoms with van der Waals surface area (Å²) in [6.45, 7) is 8.88. The summed E-state index contributed by atoms with van der Waals surface area (Å²) >= 11 is 0. The number of H-pyrrole nitrogens is 1. The van der Waals surface area contributed by atoms with Gasteiger partial charge in [0.25, 0.3) is 5.91 Å². The summed E-state index contributed by atoms with van der Waals surface area (Å²) < 4.78 is 13.1. The Kier molecular flexibility index (Phi) is 6.32. The van der Waals surface area contributed by atoms with Crippen molar-refractivity contribution in [3.63, 3.8) is 0 Å². The van der Waals surface area contributed by atoms with Crippen LogP contribution in [0.25, 0.3) is 33.1 Å². The number of carbonyl (C=O) groups is 1. The van der Waals surface area contributed by atoms with Gasteiger partial charge in [-0.3, -0.25) is 9.00 Å². The molecule has 7 nitrogen and oxygen atoms in total. The highest BCUT2D eigenvalue weighted by atomic mass is 32.2. The van der Waals surface area contributed by atoms with Gasteiger partial charge in [-0.1, -0.05) is 19.1 Å². The van der Waals surface area contributed by atoms with Crippen LogP contribution in [0.5, 0.6) is 0 Å². The van der Waals surface area contributed by atoms with E-state index in [0.717, 1.165) is 38.5 Å².